The van der Waals surface area contributed by atoms with E-state index in [1.165, 1.54) is 23.4 Å². The van der Waals surface area contributed by atoms with Crippen LogP contribution in [-0.2, 0) is 23.2 Å². The van der Waals surface area contributed by atoms with Crippen molar-refractivity contribution in [2.24, 2.45) is 16.1 Å². The van der Waals surface area contributed by atoms with Gasteiger partial charge in [-0.05, 0) is 18.1 Å². The molecule has 0 saturated carbocycles. The molecule has 1 aromatic carbocycles. The first-order valence-electron chi connectivity index (χ1n) is 7.81. The maximum Gasteiger partial charge on any atom is 2.00 e. The zero-order chi connectivity index (χ0) is 19.9. The maximum atomic E-state index is 12.9. The van der Waals surface area contributed by atoms with Crippen LogP contribution in [0.2, 0.25) is 0 Å². The summed E-state index contributed by atoms with van der Waals surface area (Å²) < 4.78 is 42.7. The summed E-state index contributed by atoms with van der Waals surface area (Å²) in [6, 6.07) is 4.15. The van der Waals surface area contributed by atoms with Gasteiger partial charge < -0.3 is 4.52 Å². The number of carbonyl (C=O) groups excluding carboxylic acids is 2. The fourth-order valence-electron chi connectivity index (χ4n) is 2.61. The Bertz CT molecular complexity index is 1010. The van der Waals surface area contributed by atoms with Crippen LogP contribution in [0.1, 0.15) is 40.3 Å². The van der Waals surface area contributed by atoms with Gasteiger partial charge in [-0.3, -0.25) is 14.5 Å². The molecule has 0 unspecified atom stereocenters. The van der Waals surface area contributed by atoms with Gasteiger partial charge in [-0.15, -0.1) is 10.2 Å². The van der Waals surface area contributed by atoms with Gasteiger partial charge in [0.25, 0.3) is 11.8 Å². The molecule has 0 fully saturated rings. The van der Waals surface area contributed by atoms with E-state index in [2.05, 4.69) is 14.8 Å². The number of benzene rings is 1. The largest absolute Gasteiger partial charge is 2.00 e. The van der Waals surface area contributed by atoms with E-state index < -0.39 is 35.0 Å². The van der Waals surface area contributed by atoms with Crippen LogP contribution >= 0.6 is 0 Å². The Labute approximate surface area is 166 Å². The molecule has 3 rings (SSSR count). The molecule has 0 bridgehead atoms. The molecule has 147 valence electrons. The minimum absolute atomic E-state index is 0. The fourth-order valence-corrected chi connectivity index (χ4v) is 2.61. The number of nitrogens with zero attached hydrogens (tertiary/aromatic N) is 3. The summed E-state index contributed by atoms with van der Waals surface area (Å²) in [5.41, 5.74) is -4.04. The Hall–Kier alpha value is -2.72. The topological polar surface area (TPSA) is 108 Å². The summed E-state index contributed by atoms with van der Waals surface area (Å²) in [6.45, 7) is 3.84. The molecule has 12 heteroatoms. The number of imide groups is 1. The van der Waals surface area contributed by atoms with Gasteiger partial charge in [0.2, 0.25) is 5.69 Å². The number of azo groups is 1. The van der Waals surface area contributed by atoms with Crippen molar-refractivity contribution in [2.45, 2.75) is 20.0 Å². The predicted octanol–water partition coefficient (Wildman–Crippen LogP) is 3.65. The van der Waals surface area contributed by atoms with E-state index in [0.29, 0.717) is 0 Å². The van der Waals surface area contributed by atoms with Crippen LogP contribution in [0.4, 0.5) is 24.5 Å². The SMILES string of the molecule is CC(C)CN1C(=O)c2cccc(N=Nc3c(C(F)(F)F)[nH]oc3=O)c2C1=O.[Mn+2]. The summed E-state index contributed by atoms with van der Waals surface area (Å²) in [7, 11) is 0. The number of aromatic amines is 1. The number of aromatic nitrogens is 1. The van der Waals surface area contributed by atoms with Crippen molar-refractivity contribution >= 4 is 23.2 Å². The Balaban J connectivity index is 0.00000280. The summed E-state index contributed by atoms with van der Waals surface area (Å²) in [4.78, 5) is 37.4. The van der Waals surface area contributed by atoms with Gasteiger partial charge in [0, 0.05) is 6.54 Å². The molecule has 0 spiro atoms. The van der Waals surface area contributed by atoms with Gasteiger partial charge in [0.05, 0.1) is 16.8 Å². The Morgan fingerprint density at radius 3 is 2.43 bits per heavy atom. The van der Waals surface area contributed by atoms with E-state index in [4.69, 9.17) is 0 Å². The fraction of sp³-hybridized carbons (Fsp3) is 0.312. The van der Waals surface area contributed by atoms with Gasteiger partial charge in [0.1, 0.15) is 0 Å². The number of amides is 2. The van der Waals surface area contributed by atoms with Crippen LogP contribution in [0.5, 0.6) is 0 Å². The second-order valence-corrected chi connectivity index (χ2v) is 6.23. The van der Waals surface area contributed by atoms with E-state index in [1.54, 1.807) is 0 Å². The van der Waals surface area contributed by atoms with E-state index in [-0.39, 0.29) is 46.3 Å². The summed E-state index contributed by atoms with van der Waals surface area (Å²) in [6.07, 6.45) is -4.90. The van der Waals surface area contributed by atoms with Gasteiger partial charge in [-0.2, -0.15) is 13.2 Å². The molecule has 1 aliphatic rings. The quantitative estimate of drug-likeness (QED) is 0.448. The number of nitrogens with one attached hydrogen (secondary N) is 1. The minimum Gasteiger partial charge on any atom is -0.336 e. The monoisotopic (exact) mass is 437 g/mol. The molecule has 1 aliphatic heterocycles. The van der Waals surface area contributed by atoms with Crippen LogP contribution < -0.4 is 5.63 Å². The van der Waals surface area contributed by atoms with E-state index in [0.717, 1.165) is 4.90 Å². The van der Waals surface area contributed by atoms with Crippen LogP contribution in [0, 0.1) is 5.92 Å². The van der Waals surface area contributed by atoms with Crippen molar-refractivity contribution in [3.05, 3.63) is 45.4 Å². The van der Waals surface area contributed by atoms with E-state index in [1.807, 2.05) is 13.8 Å². The van der Waals surface area contributed by atoms with Crippen molar-refractivity contribution in [1.29, 1.82) is 0 Å². The smallest absolute Gasteiger partial charge is 0.336 e. The second-order valence-electron chi connectivity index (χ2n) is 6.23. The number of H-pyrrole nitrogens is 1. The first-order chi connectivity index (χ1) is 12.6. The average molecular weight is 437 g/mol. The molecule has 1 aromatic heterocycles. The number of hydrogen-bond acceptors (Lipinski definition) is 6. The van der Waals surface area contributed by atoms with Crippen LogP contribution in [0.15, 0.2) is 37.7 Å². The molecule has 1 radical (unpaired) electrons. The number of rotatable bonds is 4. The number of carbonyl (C=O) groups is 2. The summed E-state index contributed by atoms with van der Waals surface area (Å²) >= 11 is 0. The van der Waals surface area contributed by atoms with Crippen LogP contribution in [-0.4, -0.2) is 28.4 Å². The molecule has 8 nitrogen and oxygen atoms in total. The van der Waals surface area contributed by atoms with Crippen LogP contribution in [0.3, 0.4) is 0 Å². The number of alkyl halides is 3. The first-order valence-corrected chi connectivity index (χ1v) is 7.81. The average Bonchev–Trinajstić information content (AvgIpc) is 3.06. The molecule has 0 saturated heterocycles. The standard InChI is InChI=1S/C16H13F3N4O4.Mn/c1-7(2)6-23-13(24)8-4-3-5-9(10(8)14(23)25)20-21-11-12(16(17,18)19)22-27-15(11)26;/h3-5,7,22H,6H2,1-2H3;/q;+2. The number of hydrogen-bond donors (Lipinski definition) is 1. The van der Waals surface area contributed by atoms with Crippen molar-refractivity contribution in [2.75, 3.05) is 6.54 Å². The predicted molar refractivity (Wildman–Crippen MR) is 85.2 cm³/mol. The van der Waals surface area contributed by atoms with Gasteiger partial charge in [-0.25, -0.2) is 9.95 Å². The molecular weight excluding hydrogens is 424 g/mol. The van der Waals surface area contributed by atoms with Crippen molar-refractivity contribution in [3.63, 3.8) is 0 Å². The van der Waals surface area contributed by atoms with E-state index >= 15 is 0 Å². The first kappa shape index (κ1) is 21.6. The zero-order valence-corrected chi connectivity index (χ0v) is 15.7. The molecule has 2 aromatic rings. The van der Waals surface area contributed by atoms with Crippen LogP contribution in [0.25, 0.3) is 0 Å². The second kappa shape index (κ2) is 7.72. The normalized spacial score (nSPS) is 14.1. The molecular formula is C16H13F3MnN4O4+2. The number of fused-ring (bicyclic) bond motifs is 1. The van der Waals surface area contributed by atoms with Crippen molar-refractivity contribution in [3.8, 4) is 0 Å². The molecule has 28 heavy (non-hydrogen) atoms. The number of halogens is 3. The van der Waals surface area contributed by atoms with Gasteiger partial charge >= 0.3 is 28.9 Å². The molecule has 2 amide bonds. The van der Waals surface area contributed by atoms with Gasteiger partial charge in [0.15, 0.2) is 5.69 Å². The zero-order valence-electron chi connectivity index (χ0n) is 14.5. The molecule has 0 atom stereocenters. The summed E-state index contributed by atoms with van der Waals surface area (Å²) in [5.74, 6) is -1.11. The van der Waals surface area contributed by atoms with Crippen molar-refractivity contribution < 1.29 is 44.4 Å². The van der Waals surface area contributed by atoms with E-state index in [9.17, 15) is 27.6 Å². The minimum atomic E-state index is -4.90. The van der Waals surface area contributed by atoms with Crippen molar-refractivity contribution in [1.82, 2.24) is 10.1 Å². The third kappa shape index (κ3) is 3.78. The Morgan fingerprint density at radius 2 is 1.82 bits per heavy atom. The summed E-state index contributed by atoms with van der Waals surface area (Å²) in [5, 5.41) is 8.36. The third-order valence-corrected chi connectivity index (χ3v) is 3.74. The maximum absolute atomic E-state index is 12.9. The Kier molecular flexibility index (Phi) is 5.95. The van der Waals surface area contributed by atoms with Gasteiger partial charge in [-0.1, -0.05) is 19.9 Å². The molecule has 2 heterocycles. The third-order valence-electron chi connectivity index (χ3n) is 3.74. The molecule has 1 N–H and O–H groups in total. The Morgan fingerprint density at radius 1 is 1.14 bits per heavy atom. The molecule has 0 aliphatic carbocycles.